The van der Waals surface area contributed by atoms with Gasteiger partial charge in [0.05, 0.1) is 11.6 Å². The summed E-state index contributed by atoms with van der Waals surface area (Å²) in [6, 6.07) is -0.165. The Bertz CT molecular complexity index is 679. The minimum absolute atomic E-state index is 0.0800. The zero-order valence-corrected chi connectivity index (χ0v) is 12.6. The molecule has 0 saturated carbocycles. The number of aryl methyl sites for hydroxylation is 2. The number of aromatic nitrogens is 4. The highest BCUT2D eigenvalue weighted by Crippen LogP contribution is 2.27. The maximum Gasteiger partial charge on any atom is 0.242 e. The third-order valence-electron chi connectivity index (χ3n) is 3.85. The van der Waals surface area contributed by atoms with E-state index in [2.05, 4.69) is 32.2 Å². The van der Waals surface area contributed by atoms with Crippen LogP contribution in [0.25, 0.3) is 11.0 Å². The van der Waals surface area contributed by atoms with Crippen molar-refractivity contribution < 1.29 is 4.79 Å². The van der Waals surface area contributed by atoms with Crippen LogP contribution >= 0.6 is 0 Å². The quantitative estimate of drug-likeness (QED) is 0.903. The number of hydrogen-bond acceptors (Lipinski definition) is 5. The van der Waals surface area contributed by atoms with Gasteiger partial charge in [0, 0.05) is 20.1 Å². The van der Waals surface area contributed by atoms with Crippen molar-refractivity contribution >= 4 is 22.8 Å². The predicted molar refractivity (Wildman–Crippen MR) is 80.1 cm³/mol. The van der Waals surface area contributed by atoms with E-state index in [1.807, 2.05) is 14.0 Å². The smallest absolute Gasteiger partial charge is 0.242 e. The highest BCUT2D eigenvalue weighted by molar-refractivity contribution is 5.92. The number of anilines is 1. The molecule has 21 heavy (non-hydrogen) atoms. The Morgan fingerprint density at radius 3 is 3.00 bits per heavy atom. The van der Waals surface area contributed by atoms with Crippen molar-refractivity contribution in [3.63, 3.8) is 0 Å². The first-order chi connectivity index (χ1) is 10.1. The number of carbonyl (C=O) groups is 1. The number of nitrogens with zero attached hydrogens (tertiary/aromatic N) is 5. The van der Waals surface area contributed by atoms with Gasteiger partial charge >= 0.3 is 0 Å². The van der Waals surface area contributed by atoms with Crippen LogP contribution in [-0.2, 0) is 11.8 Å². The van der Waals surface area contributed by atoms with Gasteiger partial charge in [-0.25, -0.2) is 9.97 Å². The summed E-state index contributed by atoms with van der Waals surface area (Å²) in [5, 5.41) is 8.11. The molecule has 1 aliphatic heterocycles. The summed E-state index contributed by atoms with van der Waals surface area (Å²) in [5.41, 5.74) is 0.804. The Kier molecular flexibility index (Phi) is 3.48. The molecule has 0 aromatic carbocycles. The fourth-order valence-corrected chi connectivity index (χ4v) is 2.86. The van der Waals surface area contributed by atoms with E-state index in [0.717, 1.165) is 36.2 Å². The van der Waals surface area contributed by atoms with Crippen LogP contribution in [0.5, 0.6) is 0 Å². The molecular formula is C14H20N6O. The molecule has 1 fully saturated rings. The SMILES string of the molecule is CCC[C@H]1C(=O)NCCN1c1nc(C)nc2c1cnn2C. The molecule has 7 heteroatoms. The zero-order chi connectivity index (χ0) is 15.0. The first-order valence-corrected chi connectivity index (χ1v) is 7.32. The largest absolute Gasteiger partial charge is 0.353 e. The fraction of sp³-hybridized carbons (Fsp3) is 0.571. The molecule has 2 aromatic rings. The Morgan fingerprint density at radius 2 is 2.24 bits per heavy atom. The van der Waals surface area contributed by atoms with Crippen LogP contribution in [0.15, 0.2) is 6.20 Å². The van der Waals surface area contributed by atoms with E-state index in [0.29, 0.717) is 12.4 Å². The van der Waals surface area contributed by atoms with Crippen molar-refractivity contribution in [1.29, 1.82) is 0 Å². The lowest BCUT2D eigenvalue weighted by Crippen LogP contribution is -2.55. The Hall–Kier alpha value is -2.18. The second-order valence-electron chi connectivity index (χ2n) is 5.39. The summed E-state index contributed by atoms with van der Waals surface area (Å²) in [7, 11) is 1.87. The van der Waals surface area contributed by atoms with Gasteiger partial charge in [-0.15, -0.1) is 0 Å². The monoisotopic (exact) mass is 288 g/mol. The number of rotatable bonds is 3. The molecule has 1 atom stereocenters. The fourth-order valence-electron chi connectivity index (χ4n) is 2.86. The number of piperazine rings is 1. The maximum atomic E-state index is 12.2. The van der Waals surface area contributed by atoms with E-state index in [1.165, 1.54) is 0 Å². The van der Waals surface area contributed by atoms with Crippen molar-refractivity contribution in [2.45, 2.75) is 32.7 Å². The van der Waals surface area contributed by atoms with Crippen LogP contribution in [0.1, 0.15) is 25.6 Å². The maximum absolute atomic E-state index is 12.2. The number of fused-ring (bicyclic) bond motifs is 1. The van der Waals surface area contributed by atoms with E-state index < -0.39 is 0 Å². The van der Waals surface area contributed by atoms with E-state index in [9.17, 15) is 4.79 Å². The number of nitrogens with one attached hydrogen (secondary N) is 1. The van der Waals surface area contributed by atoms with Gasteiger partial charge in [0.15, 0.2) is 5.65 Å². The third-order valence-corrected chi connectivity index (χ3v) is 3.85. The summed E-state index contributed by atoms with van der Waals surface area (Å²) < 4.78 is 1.74. The van der Waals surface area contributed by atoms with Crippen molar-refractivity contribution in [2.24, 2.45) is 7.05 Å². The molecule has 2 aromatic heterocycles. The van der Waals surface area contributed by atoms with Crippen LogP contribution in [0.4, 0.5) is 5.82 Å². The summed E-state index contributed by atoms with van der Waals surface area (Å²) in [4.78, 5) is 23.3. The Balaban J connectivity index is 2.11. The summed E-state index contributed by atoms with van der Waals surface area (Å²) in [5.74, 6) is 1.60. The van der Waals surface area contributed by atoms with Gasteiger partial charge in [-0.3, -0.25) is 9.48 Å². The second-order valence-corrected chi connectivity index (χ2v) is 5.39. The molecule has 3 heterocycles. The summed E-state index contributed by atoms with van der Waals surface area (Å²) in [6.07, 6.45) is 3.55. The van der Waals surface area contributed by atoms with Gasteiger partial charge in [-0.05, 0) is 13.3 Å². The molecule has 0 aliphatic carbocycles. The Morgan fingerprint density at radius 1 is 1.43 bits per heavy atom. The highest BCUT2D eigenvalue weighted by atomic mass is 16.2. The molecule has 112 valence electrons. The normalized spacial score (nSPS) is 19.1. The van der Waals surface area contributed by atoms with E-state index in [1.54, 1.807) is 10.9 Å². The molecule has 3 rings (SSSR count). The van der Waals surface area contributed by atoms with Gasteiger partial charge in [0.2, 0.25) is 5.91 Å². The molecule has 7 nitrogen and oxygen atoms in total. The average molecular weight is 288 g/mol. The molecule has 0 bridgehead atoms. The molecule has 0 radical (unpaired) electrons. The highest BCUT2D eigenvalue weighted by Gasteiger charge is 2.31. The lowest BCUT2D eigenvalue weighted by molar-refractivity contribution is -0.123. The molecule has 1 aliphatic rings. The first kappa shape index (κ1) is 13.8. The lowest BCUT2D eigenvalue weighted by Gasteiger charge is -2.36. The zero-order valence-electron chi connectivity index (χ0n) is 12.6. The van der Waals surface area contributed by atoms with Gasteiger partial charge in [0.25, 0.3) is 0 Å². The topological polar surface area (TPSA) is 75.9 Å². The summed E-state index contributed by atoms with van der Waals surface area (Å²) >= 11 is 0. The van der Waals surface area contributed by atoms with E-state index >= 15 is 0 Å². The minimum Gasteiger partial charge on any atom is -0.353 e. The lowest BCUT2D eigenvalue weighted by atomic mass is 10.1. The standard InChI is InChI=1S/C14H20N6O/c1-4-5-11-14(21)15-6-7-20(11)13-10-8-16-19(3)12(10)17-9(2)18-13/h8,11H,4-7H2,1-3H3,(H,15,21)/t11-/m0/s1. The van der Waals surface area contributed by atoms with Crippen molar-refractivity contribution in [3.05, 3.63) is 12.0 Å². The van der Waals surface area contributed by atoms with Crippen LogP contribution in [0.3, 0.4) is 0 Å². The molecule has 1 amide bonds. The van der Waals surface area contributed by atoms with Crippen molar-refractivity contribution in [3.8, 4) is 0 Å². The first-order valence-electron chi connectivity index (χ1n) is 7.32. The Labute approximate surface area is 123 Å². The van der Waals surface area contributed by atoms with Gasteiger partial charge in [-0.1, -0.05) is 13.3 Å². The van der Waals surface area contributed by atoms with Crippen LogP contribution in [-0.4, -0.2) is 44.8 Å². The van der Waals surface area contributed by atoms with Crippen molar-refractivity contribution in [1.82, 2.24) is 25.1 Å². The summed E-state index contributed by atoms with van der Waals surface area (Å²) in [6.45, 7) is 5.36. The van der Waals surface area contributed by atoms with E-state index in [4.69, 9.17) is 0 Å². The third kappa shape index (κ3) is 2.32. The molecule has 0 unspecified atom stereocenters. The number of hydrogen-bond donors (Lipinski definition) is 1. The average Bonchev–Trinajstić information content (AvgIpc) is 2.82. The van der Waals surface area contributed by atoms with Gasteiger partial charge in [0.1, 0.15) is 17.7 Å². The number of carbonyl (C=O) groups excluding carboxylic acids is 1. The molecular weight excluding hydrogens is 268 g/mol. The number of amides is 1. The van der Waals surface area contributed by atoms with Crippen molar-refractivity contribution in [2.75, 3.05) is 18.0 Å². The molecule has 1 N–H and O–H groups in total. The van der Waals surface area contributed by atoms with Gasteiger partial charge in [-0.2, -0.15) is 5.10 Å². The molecule has 1 saturated heterocycles. The van der Waals surface area contributed by atoms with Crippen LogP contribution in [0, 0.1) is 6.92 Å². The molecule has 0 spiro atoms. The second kappa shape index (κ2) is 5.31. The van der Waals surface area contributed by atoms with Gasteiger partial charge < -0.3 is 10.2 Å². The van der Waals surface area contributed by atoms with E-state index in [-0.39, 0.29) is 11.9 Å². The van der Waals surface area contributed by atoms with Crippen LogP contribution < -0.4 is 10.2 Å². The predicted octanol–water partition coefficient (Wildman–Crippen LogP) is 0.777. The minimum atomic E-state index is -0.165. The van der Waals surface area contributed by atoms with Crippen LogP contribution in [0.2, 0.25) is 0 Å².